The summed E-state index contributed by atoms with van der Waals surface area (Å²) in [6.07, 6.45) is 0.0758. The van der Waals surface area contributed by atoms with Gasteiger partial charge in [-0.3, -0.25) is 14.8 Å². The second kappa shape index (κ2) is 7.55. The van der Waals surface area contributed by atoms with Crippen LogP contribution in [0.2, 0.25) is 0 Å². The summed E-state index contributed by atoms with van der Waals surface area (Å²) in [5.41, 5.74) is 2.28. The molecule has 1 N–H and O–H groups in total. The lowest BCUT2D eigenvalue weighted by atomic mass is 10.1. The molecule has 1 aromatic heterocycles. The number of rotatable bonds is 3. The number of aromatic nitrogens is 2. The molecule has 2 aromatic carbocycles. The number of ether oxygens (including phenoxy) is 1. The minimum atomic E-state index is -4.80. The molecule has 0 unspecified atom stereocenters. The number of fused-ring (bicyclic) bond motifs is 1. The van der Waals surface area contributed by atoms with Gasteiger partial charge in [-0.05, 0) is 36.0 Å². The van der Waals surface area contributed by atoms with Crippen LogP contribution in [0, 0.1) is 0 Å². The van der Waals surface area contributed by atoms with E-state index in [1.807, 2.05) is 18.2 Å². The van der Waals surface area contributed by atoms with E-state index in [2.05, 4.69) is 25.0 Å². The molecule has 6 nitrogen and oxygen atoms in total. The van der Waals surface area contributed by atoms with Crippen LogP contribution in [0.4, 0.5) is 23.7 Å². The minimum Gasteiger partial charge on any atom is -0.406 e. The van der Waals surface area contributed by atoms with Gasteiger partial charge in [-0.25, -0.2) is 4.99 Å². The second-order valence-corrected chi connectivity index (χ2v) is 6.81. The van der Waals surface area contributed by atoms with Crippen LogP contribution in [0.1, 0.15) is 5.56 Å². The van der Waals surface area contributed by atoms with E-state index < -0.39 is 12.1 Å². The molecule has 1 amide bonds. The quantitative estimate of drug-likeness (QED) is 0.646. The van der Waals surface area contributed by atoms with Gasteiger partial charge in [0.2, 0.25) is 0 Å². The number of thioether (sulfide) groups is 1. The number of amidine groups is 1. The summed E-state index contributed by atoms with van der Waals surface area (Å²) < 4.78 is 41.2. The lowest BCUT2D eigenvalue weighted by Gasteiger charge is -2.09. The average molecular weight is 416 g/mol. The van der Waals surface area contributed by atoms with Crippen molar-refractivity contribution in [1.82, 2.24) is 15.3 Å². The van der Waals surface area contributed by atoms with E-state index in [0.717, 1.165) is 23.4 Å². The van der Waals surface area contributed by atoms with Gasteiger partial charge in [-0.1, -0.05) is 18.2 Å². The zero-order chi connectivity index (χ0) is 20.4. The molecule has 0 saturated carbocycles. The fraction of sp³-hybridized carbons (Fsp3) is 0.0526. The highest BCUT2D eigenvalue weighted by atomic mass is 32.2. The van der Waals surface area contributed by atoms with Gasteiger partial charge in [0.05, 0.1) is 21.6 Å². The molecule has 1 saturated heterocycles. The molecule has 0 radical (unpaired) electrons. The van der Waals surface area contributed by atoms with E-state index in [9.17, 15) is 18.0 Å². The van der Waals surface area contributed by atoms with Crippen molar-refractivity contribution in [3.8, 4) is 5.75 Å². The zero-order valence-corrected chi connectivity index (χ0v) is 15.3. The van der Waals surface area contributed by atoms with E-state index in [0.29, 0.717) is 15.9 Å². The number of alkyl halides is 3. The van der Waals surface area contributed by atoms with Gasteiger partial charge < -0.3 is 10.1 Å². The van der Waals surface area contributed by atoms with Crippen molar-refractivity contribution >= 4 is 45.6 Å². The van der Waals surface area contributed by atoms with Crippen molar-refractivity contribution in [3.05, 3.63) is 65.3 Å². The predicted molar refractivity (Wildman–Crippen MR) is 104 cm³/mol. The lowest BCUT2D eigenvalue weighted by molar-refractivity contribution is -0.274. The Hall–Kier alpha value is -3.40. The molecule has 146 valence electrons. The molecule has 10 heteroatoms. The molecule has 29 heavy (non-hydrogen) atoms. The third kappa shape index (κ3) is 4.54. The van der Waals surface area contributed by atoms with Gasteiger partial charge in [-0.15, -0.1) is 13.2 Å². The molecule has 0 aliphatic carbocycles. The van der Waals surface area contributed by atoms with Crippen LogP contribution in [0.3, 0.4) is 0 Å². The van der Waals surface area contributed by atoms with Crippen molar-refractivity contribution in [2.24, 2.45) is 4.99 Å². The van der Waals surface area contributed by atoms with Crippen LogP contribution in [0.15, 0.2) is 64.8 Å². The van der Waals surface area contributed by atoms with E-state index in [-0.39, 0.29) is 16.8 Å². The molecular formula is C19H11F3N4O2S. The van der Waals surface area contributed by atoms with E-state index in [4.69, 9.17) is 0 Å². The number of hydrogen-bond acceptors (Lipinski definition) is 6. The minimum absolute atomic E-state index is 0.202. The number of nitrogens with one attached hydrogen (secondary N) is 1. The van der Waals surface area contributed by atoms with Gasteiger partial charge in [0.25, 0.3) is 5.24 Å². The maximum atomic E-state index is 12.4. The molecule has 1 aliphatic heterocycles. The Morgan fingerprint density at radius 2 is 1.90 bits per heavy atom. The Labute approximate surface area is 166 Å². The van der Waals surface area contributed by atoms with Crippen LogP contribution in [0.5, 0.6) is 5.75 Å². The molecule has 2 heterocycles. The van der Waals surface area contributed by atoms with E-state index in [1.165, 1.54) is 18.2 Å². The zero-order valence-electron chi connectivity index (χ0n) is 14.5. The van der Waals surface area contributed by atoms with Crippen molar-refractivity contribution in [2.75, 3.05) is 0 Å². The van der Waals surface area contributed by atoms with Gasteiger partial charge in [-0.2, -0.15) is 0 Å². The number of aliphatic imine (C=N–C) groups is 1. The Bertz CT molecular complexity index is 1160. The summed E-state index contributed by atoms with van der Waals surface area (Å²) in [6, 6.07) is 10.6. The maximum Gasteiger partial charge on any atom is 0.573 e. The third-order valence-electron chi connectivity index (χ3n) is 3.77. The first-order chi connectivity index (χ1) is 13.9. The summed E-state index contributed by atoms with van der Waals surface area (Å²) in [5.74, 6) is -0.170. The summed E-state index contributed by atoms with van der Waals surface area (Å²) in [7, 11) is 0. The molecule has 3 aromatic rings. The van der Waals surface area contributed by atoms with Crippen molar-refractivity contribution in [2.45, 2.75) is 6.36 Å². The van der Waals surface area contributed by atoms with Crippen molar-refractivity contribution in [3.63, 3.8) is 0 Å². The molecule has 0 spiro atoms. The number of nitrogens with zero attached hydrogens (tertiary/aromatic N) is 3. The SMILES string of the molecule is O=C1NC(=Nc2cccc(OC(F)(F)F)c2)/C(=C/c2cccc3nccnc23)S1. The van der Waals surface area contributed by atoms with Crippen LogP contribution >= 0.6 is 11.8 Å². The Balaban J connectivity index is 1.71. The predicted octanol–water partition coefficient (Wildman–Crippen LogP) is 5.06. The molecular weight excluding hydrogens is 405 g/mol. The normalized spacial score (nSPS) is 17.1. The smallest absolute Gasteiger partial charge is 0.406 e. The first kappa shape index (κ1) is 18.9. The number of halogens is 3. The summed E-state index contributed by atoms with van der Waals surface area (Å²) >= 11 is 0.931. The van der Waals surface area contributed by atoms with E-state index in [1.54, 1.807) is 18.5 Å². The van der Waals surface area contributed by atoms with Gasteiger partial charge >= 0.3 is 6.36 Å². The number of carbonyl (C=O) groups excluding carboxylic acids is 1. The molecule has 0 atom stereocenters. The maximum absolute atomic E-state index is 12.4. The highest BCUT2D eigenvalue weighted by Gasteiger charge is 2.31. The number of benzene rings is 2. The first-order valence-corrected chi connectivity index (χ1v) is 9.04. The number of hydrogen-bond donors (Lipinski definition) is 1. The van der Waals surface area contributed by atoms with Gasteiger partial charge in [0, 0.05) is 24.0 Å². The van der Waals surface area contributed by atoms with Crippen LogP contribution in [0.25, 0.3) is 17.1 Å². The van der Waals surface area contributed by atoms with Crippen LogP contribution in [-0.4, -0.2) is 27.4 Å². The van der Waals surface area contributed by atoms with Gasteiger partial charge in [0.1, 0.15) is 11.6 Å². The molecule has 1 aliphatic rings. The fourth-order valence-electron chi connectivity index (χ4n) is 2.66. The lowest BCUT2D eigenvalue weighted by Crippen LogP contribution is -2.18. The fourth-order valence-corrected chi connectivity index (χ4v) is 3.39. The number of carbonyl (C=O) groups is 1. The molecule has 1 fully saturated rings. The Morgan fingerprint density at radius 3 is 2.72 bits per heavy atom. The van der Waals surface area contributed by atoms with Crippen molar-refractivity contribution < 1.29 is 22.7 Å². The van der Waals surface area contributed by atoms with Crippen LogP contribution < -0.4 is 10.1 Å². The monoisotopic (exact) mass is 416 g/mol. The molecule has 4 rings (SSSR count). The highest BCUT2D eigenvalue weighted by molar-refractivity contribution is 8.18. The summed E-state index contributed by atoms with van der Waals surface area (Å²) in [6.45, 7) is 0. The second-order valence-electron chi connectivity index (χ2n) is 5.80. The highest BCUT2D eigenvalue weighted by Crippen LogP contribution is 2.31. The van der Waals surface area contributed by atoms with Crippen LogP contribution in [-0.2, 0) is 0 Å². The topological polar surface area (TPSA) is 76.5 Å². The average Bonchev–Trinajstić information content (AvgIpc) is 3.00. The largest absolute Gasteiger partial charge is 0.573 e. The van der Waals surface area contributed by atoms with Crippen molar-refractivity contribution in [1.29, 1.82) is 0 Å². The number of para-hydroxylation sites is 1. The standard InChI is InChI=1S/C19H11F3N4O2S/c20-19(21,22)28-13-5-2-4-12(10-13)25-17-15(29-18(27)26-17)9-11-3-1-6-14-16(11)24-8-7-23-14/h1-10H,(H,25,26,27)/b15-9-. The van der Waals surface area contributed by atoms with Gasteiger partial charge in [0.15, 0.2) is 0 Å². The van der Waals surface area contributed by atoms with E-state index >= 15 is 0 Å². The third-order valence-corrected chi connectivity index (χ3v) is 4.58. The Kier molecular flexibility index (Phi) is 4.93. The number of amides is 1. The summed E-state index contributed by atoms with van der Waals surface area (Å²) in [5, 5.41) is 2.25. The first-order valence-electron chi connectivity index (χ1n) is 8.22. The Morgan fingerprint density at radius 1 is 1.10 bits per heavy atom. The summed E-state index contributed by atoms with van der Waals surface area (Å²) in [4.78, 5) is 25.2. The molecule has 0 bridgehead atoms.